The average molecular weight is 391 g/mol. The number of thiol groups is 2. The predicted molar refractivity (Wildman–Crippen MR) is 112 cm³/mol. The van der Waals surface area contributed by atoms with E-state index in [0.717, 1.165) is 37.7 Å². The van der Waals surface area contributed by atoms with Crippen molar-refractivity contribution in [2.75, 3.05) is 27.3 Å². The standard InChI is InChI=1S/C20H26N2O2S2/c1-23-17-7-3-15(4-8-17)11-21-13-20(26)22(14-19(21)25)12-16-5-9-18(24-2)10-6-16/h3-10,19-20,25-26H,11-14H2,1-2H3. The molecule has 0 bridgehead atoms. The first-order valence-corrected chi connectivity index (χ1v) is 9.72. The van der Waals surface area contributed by atoms with Gasteiger partial charge in [0.1, 0.15) is 11.5 Å². The molecule has 2 atom stereocenters. The Labute approximate surface area is 166 Å². The van der Waals surface area contributed by atoms with Gasteiger partial charge in [-0.2, -0.15) is 25.3 Å². The summed E-state index contributed by atoms with van der Waals surface area (Å²) in [6.45, 7) is 3.48. The van der Waals surface area contributed by atoms with Crippen molar-refractivity contribution in [2.45, 2.75) is 23.8 Å². The third-order valence-electron chi connectivity index (χ3n) is 4.73. The molecule has 1 aliphatic heterocycles. The van der Waals surface area contributed by atoms with Crippen LogP contribution < -0.4 is 9.47 Å². The zero-order valence-electron chi connectivity index (χ0n) is 15.2. The zero-order chi connectivity index (χ0) is 18.5. The first kappa shape index (κ1) is 19.4. The minimum Gasteiger partial charge on any atom is -0.497 e. The lowest BCUT2D eigenvalue weighted by Crippen LogP contribution is -2.53. The predicted octanol–water partition coefficient (Wildman–Crippen LogP) is 3.53. The maximum Gasteiger partial charge on any atom is 0.118 e. The Bertz CT molecular complexity index is 632. The van der Waals surface area contributed by atoms with Crippen LogP contribution in [0.15, 0.2) is 48.5 Å². The quantitative estimate of drug-likeness (QED) is 0.737. The van der Waals surface area contributed by atoms with Crippen LogP contribution in [0, 0.1) is 0 Å². The molecule has 0 spiro atoms. The maximum absolute atomic E-state index is 5.23. The molecule has 0 N–H and O–H groups in total. The molecule has 1 aliphatic rings. The van der Waals surface area contributed by atoms with Crippen LogP contribution in [0.2, 0.25) is 0 Å². The number of ether oxygens (including phenoxy) is 2. The second kappa shape index (κ2) is 9.04. The van der Waals surface area contributed by atoms with Gasteiger partial charge in [0.2, 0.25) is 0 Å². The normalized spacial score (nSPS) is 21.5. The van der Waals surface area contributed by atoms with Crippen molar-refractivity contribution < 1.29 is 9.47 Å². The molecule has 6 heteroatoms. The Balaban J connectivity index is 1.58. The molecule has 2 aromatic rings. The van der Waals surface area contributed by atoms with E-state index >= 15 is 0 Å². The maximum atomic E-state index is 5.23. The topological polar surface area (TPSA) is 24.9 Å². The molecule has 1 heterocycles. The molecule has 26 heavy (non-hydrogen) atoms. The van der Waals surface area contributed by atoms with Crippen LogP contribution in [-0.2, 0) is 13.1 Å². The summed E-state index contributed by atoms with van der Waals surface area (Å²) in [5, 5.41) is 0.359. The van der Waals surface area contributed by atoms with Crippen molar-refractivity contribution in [2.24, 2.45) is 0 Å². The average Bonchev–Trinajstić information content (AvgIpc) is 2.67. The summed E-state index contributed by atoms with van der Waals surface area (Å²) in [5.41, 5.74) is 2.52. The zero-order valence-corrected chi connectivity index (χ0v) is 17.0. The molecule has 4 nitrogen and oxygen atoms in total. The van der Waals surface area contributed by atoms with Crippen LogP contribution in [0.4, 0.5) is 0 Å². The molecule has 1 fully saturated rings. The Morgan fingerprint density at radius 1 is 0.731 bits per heavy atom. The molecule has 0 saturated carbocycles. The van der Waals surface area contributed by atoms with Gasteiger partial charge in [-0.15, -0.1) is 0 Å². The second-order valence-corrected chi connectivity index (χ2v) is 7.71. The highest BCUT2D eigenvalue weighted by molar-refractivity contribution is 7.81. The summed E-state index contributed by atoms with van der Waals surface area (Å²) >= 11 is 9.66. The first-order valence-electron chi connectivity index (χ1n) is 8.69. The Morgan fingerprint density at radius 3 is 1.38 bits per heavy atom. The van der Waals surface area contributed by atoms with Crippen molar-refractivity contribution in [3.8, 4) is 11.5 Å². The lowest BCUT2D eigenvalue weighted by atomic mass is 10.1. The Hall–Kier alpha value is -1.34. The van der Waals surface area contributed by atoms with E-state index in [0.29, 0.717) is 0 Å². The van der Waals surface area contributed by atoms with E-state index in [4.69, 9.17) is 34.7 Å². The van der Waals surface area contributed by atoms with Gasteiger partial charge >= 0.3 is 0 Å². The van der Waals surface area contributed by atoms with Gasteiger partial charge in [-0.3, -0.25) is 9.80 Å². The summed E-state index contributed by atoms with van der Waals surface area (Å²) in [7, 11) is 3.37. The highest BCUT2D eigenvalue weighted by Crippen LogP contribution is 2.25. The third-order valence-corrected chi connectivity index (χ3v) is 5.71. The monoisotopic (exact) mass is 390 g/mol. The van der Waals surface area contributed by atoms with Gasteiger partial charge in [0, 0.05) is 26.2 Å². The number of benzene rings is 2. The van der Waals surface area contributed by atoms with Gasteiger partial charge in [-0.25, -0.2) is 0 Å². The molecule has 0 amide bonds. The number of hydrogen-bond donors (Lipinski definition) is 2. The van der Waals surface area contributed by atoms with E-state index in [1.54, 1.807) is 14.2 Å². The Morgan fingerprint density at radius 2 is 1.08 bits per heavy atom. The molecule has 0 radical (unpaired) electrons. The molecule has 0 aromatic heterocycles. The van der Waals surface area contributed by atoms with E-state index < -0.39 is 0 Å². The molecular formula is C20H26N2O2S2. The van der Waals surface area contributed by atoms with E-state index in [1.807, 2.05) is 24.3 Å². The number of nitrogens with zero attached hydrogens (tertiary/aromatic N) is 2. The highest BCUT2D eigenvalue weighted by atomic mass is 32.1. The second-order valence-electron chi connectivity index (χ2n) is 6.52. The minimum atomic E-state index is 0.179. The SMILES string of the molecule is COc1ccc(CN2CC(S)N(Cc3ccc(OC)cc3)CC2S)cc1. The molecular weight excluding hydrogens is 364 g/mol. The van der Waals surface area contributed by atoms with E-state index in [2.05, 4.69) is 34.1 Å². The summed E-state index contributed by atoms with van der Waals surface area (Å²) in [5.74, 6) is 1.76. The molecule has 2 aromatic carbocycles. The van der Waals surface area contributed by atoms with Crippen molar-refractivity contribution in [1.82, 2.24) is 9.80 Å². The lowest BCUT2D eigenvalue weighted by Gasteiger charge is -2.43. The van der Waals surface area contributed by atoms with Crippen LogP contribution in [0.3, 0.4) is 0 Å². The van der Waals surface area contributed by atoms with Crippen LogP contribution in [-0.4, -0.2) is 47.9 Å². The van der Waals surface area contributed by atoms with Gasteiger partial charge in [0.25, 0.3) is 0 Å². The van der Waals surface area contributed by atoms with Crippen LogP contribution in [0.1, 0.15) is 11.1 Å². The number of hydrogen-bond acceptors (Lipinski definition) is 6. The fourth-order valence-electron chi connectivity index (χ4n) is 3.16. The number of methoxy groups -OCH3 is 2. The number of piperazine rings is 1. The molecule has 2 unspecified atom stereocenters. The fourth-order valence-corrected chi connectivity index (χ4v) is 3.94. The Kier molecular flexibility index (Phi) is 6.75. The summed E-state index contributed by atoms with van der Waals surface area (Å²) in [4.78, 5) is 4.74. The van der Waals surface area contributed by atoms with Crippen molar-refractivity contribution >= 4 is 25.3 Å². The summed E-state index contributed by atoms with van der Waals surface area (Å²) in [6, 6.07) is 16.4. The summed E-state index contributed by atoms with van der Waals surface area (Å²) < 4.78 is 10.5. The van der Waals surface area contributed by atoms with Crippen LogP contribution >= 0.6 is 25.3 Å². The van der Waals surface area contributed by atoms with Gasteiger partial charge in [0.05, 0.1) is 25.0 Å². The minimum absolute atomic E-state index is 0.179. The third kappa shape index (κ3) is 4.88. The van der Waals surface area contributed by atoms with Crippen LogP contribution in [0.5, 0.6) is 11.5 Å². The molecule has 1 saturated heterocycles. The van der Waals surface area contributed by atoms with Crippen molar-refractivity contribution in [3.63, 3.8) is 0 Å². The first-order chi connectivity index (χ1) is 12.6. The molecule has 0 aliphatic carbocycles. The van der Waals surface area contributed by atoms with Gasteiger partial charge in [0.15, 0.2) is 0 Å². The van der Waals surface area contributed by atoms with Gasteiger partial charge < -0.3 is 9.47 Å². The van der Waals surface area contributed by atoms with Crippen molar-refractivity contribution in [1.29, 1.82) is 0 Å². The van der Waals surface area contributed by atoms with Gasteiger partial charge in [-0.1, -0.05) is 24.3 Å². The van der Waals surface area contributed by atoms with E-state index in [1.165, 1.54) is 11.1 Å². The van der Waals surface area contributed by atoms with Crippen molar-refractivity contribution in [3.05, 3.63) is 59.7 Å². The van der Waals surface area contributed by atoms with Gasteiger partial charge in [-0.05, 0) is 35.4 Å². The largest absolute Gasteiger partial charge is 0.497 e. The summed E-state index contributed by atoms with van der Waals surface area (Å²) in [6.07, 6.45) is 0. The van der Waals surface area contributed by atoms with E-state index in [9.17, 15) is 0 Å². The molecule has 3 rings (SSSR count). The van der Waals surface area contributed by atoms with E-state index in [-0.39, 0.29) is 10.7 Å². The highest BCUT2D eigenvalue weighted by Gasteiger charge is 2.30. The molecule has 140 valence electrons. The lowest BCUT2D eigenvalue weighted by molar-refractivity contribution is 0.0918. The number of rotatable bonds is 6. The smallest absolute Gasteiger partial charge is 0.118 e. The van der Waals surface area contributed by atoms with Crippen LogP contribution in [0.25, 0.3) is 0 Å². The fraction of sp³-hybridized carbons (Fsp3) is 0.400.